The Morgan fingerprint density at radius 2 is 2.06 bits per heavy atom. The van der Waals surface area contributed by atoms with Crippen molar-refractivity contribution >= 4 is 15.9 Å². The van der Waals surface area contributed by atoms with Gasteiger partial charge in [0.2, 0.25) is 0 Å². The number of hydrogen-bond acceptors (Lipinski definition) is 2. The van der Waals surface area contributed by atoms with Crippen LogP contribution in [0, 0.1) is 0 Å². The first-order valence-electron chi connectivity index (χ1n) is 5.98. The first-order valence-corrected chi connectivity index (χ1v) is 6.77. The topological polar surface area (TPSA) is 22.3 Å². The van der Waals surface area contributed by atoms with Crippen LogP contribution >= 0.6 is 15.9 Å². The summed E-state index contributed by atoms with van der Waals surface area (Å²) in [6.45, 7) is 6.11. The standard InChI is InChI=1S/C12H20BrN3/c1-15-5-7-16(8-6-15)4-2-3-12-9-11(13)10-14-12/h9-10,14H,2-8H2,1H3. The number of likely N-dealkylation sites (N-methyl/N-ethyl adjacent to an activating group) is 1. The zero-order valence-electron chi connectivity index (χ0n) is 9.88. The Bertz CT molecular complexity index is 316. The fraction of sp³-hybridized carbons (Fsp3) is 0.667. The molecule has 1 aromatic rings. The molecular weight excluding hydrogens is 266 g/mol. The van der Waals surface area contributed by atoms with Crippen molar-refractivity contribution in [2.75, 3.05) is 39.8 Å². The average molecular weight is 286 g/mol. The third-order valence-electron chi connectivity index (χ3n) is 3.22. The van der Waals surface area contributed by atoms with Crippen molar-refractivity contribution in [3.05, 3.63) is 22.4 Å². The molecule has 0 radical (unpaired) electrons. The number of H-pyrrole nitrogens is 1. The van der Waals surface area contributed by atoms with E-state index in [1.165, 1.54) is 44.8 Å². The van der Waals surface area contributed by atoms with Gasteiger partial charge in [-0.25, -0.2) is 0 Å². The van der Waals surface area contributed by atoms with Gasteiger partial charge in [0.15, 0.2) is 0 Å². The Balaban J connectivity index is 1.64. The third-order valence-corrected chi connectivity index (χ3v) is 3.68. The number of hydrogen-bond donors (Lipinski definition) is 1. The number of rotatable bonds is 4. The van der Waals surface area contributed by atoms with Gasteiger partial charge in [0.25, 0.3) is 0 Å². The maximum absolute atomic E-state index is 3.46. The number of aromatic nitrogens is 1. The second kappa shape index (κ2) is 5.84. The maximum atomic E-state index is 3.46. The van der Waals surface area contributed by atoms with Gasteiger partial charge >= 0.3 is 0 Å². The van der Waals surface area contributed by atoms with Crippen LogP contribution in [0.2, 0.25) is 0 Å². The molecule has 0 atom stereocenters. The van der Waals surface area contributed by atoms with Crippen LogP contribution in [0.15, 0.2) is 16.7 Å². The van der Waals surface area contributed by atoms with Crippen LogP contribution in [0.4, 0.5) is 0 Å². The number of aromatic amines is 1. The first kappa shape index (κ1) is 12.1. The molecule has 1 saturated heterocycles. The quantitative estimate of drug-likeness (QED) is 0.914. The minimum Gasteiger partial charge on any atom is -0.364 e. The summed E-state index contributed by atoms with van der Waals surface area (Å²) in [4.78, 5) is 8.25. The van der Waals surface area contributed by atoms with Crippen molar-refractivity contribution in [3.63, 3.8) is 0 Å². The second-order valence-corrected chi connectivity index (χ2v) is 5.51. The van der Waals surface area contributed by atoms with Crippen molar-refractivity contribution in [2.45, 2.75) is 12.8 Å². The summed E-state index contributed by atoms with van der Waals surface area (Å²) in [6, 6.07) is 2.17. The maximum Gasteiger partial charge on any atom is 0.0352 e. The van der Waals surface area contributed by atoms with E-state index in [0.717, 1.165) is 10.9 Å². The minimum absolute atomic E-state index is 1.15. The average Bonchev–Trinajstić information content (AvgIpc) is 2.67. The van der Waals surface area contributed by atoms with Crippen LogP contribution in [-0.4, -0.2) is 54.6 Å². The Morgan fingerprint density at radius 3 is 2.69 bits per heavy atom. The second-order valence-electron chi connectivity index (χ2n) is 4.59. The van der Waals surface area contributed by atoms with E-state index in [0.29, 0.717) is 0 Å². The summed E-state index contributed by atoms with van der Waals surface area (Å²) in [7, 11) is 2.20. The van der Waals surface area contributed by atoms with Crippen molar-refractivity contribution < 1.29 is 0 Å². The highest BCUT2D eigenvalue weighted by Gasteiger charge is 2.12. The van der Waals surface area contributed by atoms with E-state index in [9.17, 15) is 0 Å². The fourth-order valence-electron chi connectivity index (χ4n) is 2.12. The molecule has 3 nitrogen and oxygen atoms in total. The smallest absolute Gasteiger partial charge is 0.0352 e. The Morgan fingerprint density at radius 1 is 1.31 bits per heavy atom. The van der Waals surface area contributed by atoms with Gasteiger partial charge in [0, 0.05) is 42.5 Å². The molecule has 90 valence electrons. The van der Waals surface area contributed by atoms with E-state index in [1.54, 1.807) is 0 Å². The van der Waals surface area contributed by atoms with Crippen LogP contribution < -0.4 is 0 Å². The number of nitrogens with one attached hydrogen (secondary N) is 1. The highest BCUT2D eigenvalue weighted by molar-refractivity contribution is 9.10. The van der Waals surface area contributed by atoms with E-state index in [2.05, 4.69) is 43.8 Å². The van der Waals surface area contributed by atoms with E-state index in [1.807, 2.05) is 6.20 Å². The van der Waals surface area contributed by atoms with Gasteiger partial charge in [-0.05, 0) is 48.4 Å². The summed E-state index contributed by atoms with van der Waals surface area (Å²) < 4.78 is 1.15. The van der Waals surface area contributed by atoms with Gasteiger partial charge in [-0.3, -0.25) is 0 Å². The molecule has 0 unspecified atom stereocenters. The lowest BCUT2D eigenvalue weighted by atomic mass is 10.2. The van der Waals surface area contributed by atoms with Crippen molar-refractivity contribution in [3.8, 4) is 0 Å². The normalized spacial score (nSPS) is 19.1. The Kier molecular flexibility index (Phi) is 4.44. The molecule has 1 aromatic heterocycles. The van der Waals surface area contributed by atoms with E-state index < -0.39 is 0 Å². The zero-order valence-corrected chi connectivity index (χ0v) is 11.5. The lowest BCUT2D eigenvalue weighted by molar-refractivity contribution is 0.153. The van der Waals surface area contributed by atoms with Crippen LogP contribution in [0.5, 0.6) is 0 Å². The monoisotopic (exact) mass is 285 g/mol. The predicted octanol–water partition coefficient (Wildman–Crippen LogP) is 1.96. The molecule has 2 rings (SSSR count). The molecule has 0 bridgehead atoms. The van der Waals surface area contributed by atoms with E-state index in [4.69, 9.17) is 0 Å². The molecule has 0 aliphatic carbocycles. The summed E-state index contributed by atoms with van der Waals surface area (Å²) >= 11 is 3.46. The molecule has 0 amide bonds. The van der Waals surface area contributed by atoms with Crippen LogP contribution in [0.25, 0.3) is 0 Å². The van der Waals surface area contributed by atoms with E-state index >= 15 is 0 Å². The predicted molar refractivity (Wildman–Crippen MR) is 70.8 cm³/mol. The molecule has 0 spiro atoms. The van der Waals surface area contributed by atoms with E-state index in [-0.39, 0.29) is 0 Å². The van der Waals surface area contributed by atoms with Crippen molar-refractivity contribution in [1.82, 2.24) is 14.8 Å². The highest BCUT2D eigenvalue weighted by atomic mass is 79.9. The van der Waals surface area contributed by atoms with Gasteiger partial charge in [0.1, 0.15) is 0 Å². The first-order chi connectivity index (χ1) is 7.74. The molecule has 0 saturated carbocycles. The third kappa shape index (κ3) is 3.61. The van der Waals surface area contributed by atoms with Crippen LogP contribution in [-0.2, 0) is 6.42 Å². The molecule has 1 aliphatic rings. The number of halogens is 1. The summed E-state index contributed by atoms with van der Waals surface area (Å²) in [5.74, 6) is 0. The van der Waals surface area contributed by atoms with Gasteiger partial charge < -0.3 is 14.8 Å². The molecule has 1 fully saturated rings. The number of aryl methyl sites for hydroxylation is 1. The van der Waals surface area contributed by atoms with Crippen LogP contribution in [0.3, 0.4) is 0 Å². The van der Waals surface area contributed by atoms with Gasteiger partial charge in [-0.15, -0.1) is 0 Å². The Hall–Kier alpha value is -0.320. The SMILES string of the molecule is CN1CCN(CCCc2cc(Br)c[nH]2)CC1. The number of piperazine rings is 1. The lowest BCUT2D eigenvalue weighted by Gasteiger charge is -2.32. The lowest BCUT2D eigenvalue weighted by Crippen LogP contribution is -2.44. The summed E-state index contributed by atoms with van der Waals surface area (Å²) in [6.07, 6.45) is 4.40. The molecule has 16 heavy (non-hydrogen) atoms. The van der Waals surface area contributed by atoms with Gasteiger partial charge in [-0.2, -0.15) is 0 Å². The van der Waals surface area contributed by atoms with Crippen molar-refractivity contribution in [2.24, 2.45) is 0 Å². The molecular formula is C12H20BrN3. The summed E-state index contributed by atoms with van der Waals surface area (Å²) in [5, 5.41) is 0. The molecule has 1 N–H and O–H groups in total. The largest absolute Gasteiger partial charge is 0.364 e. The molecule has 0 aromatic carbocycles. The minimum atomic E-state index is 1.15. The van der Waals surface area contributed by atoms with Crippen LogP contribution in [0.1, 0.15) is 12.1 Å². The van der Waals surface area contributed by atoms with Gasteiger partial charge in [0.05, 0.1) is 0 Å². The highest BCUT2D eigenvalue weighted by Crippen LogP contribution is 2.12. The molecule has 4 heteroatoms. The zero-order chi connectivity index (χ0) is 11.4. The van der Waals surface area contributed by atoms with Gasteiger partial charge in [-0.1, -0.05) is 0 Å². The summed E-state index contributed by atoms with van der Waals surface area (Å²) in [5.41, 5.74) is 1.33. The number of nitrogens with zero attached hydrogens (tertiary/aromatic N) is 2. The Labute approximate surface area is 106 Å². The molecule has 2 heterocycles. The van der Waals surface area contributed by atoms with Crippen molar-refractivity contribution in [1.29, 1.82) is 0 Å². The molecule has 1 aliphatic heterocycles. The fourth-order valence-corrected chi connectivity index (χ4v) is 2.51.